The standard InChI is InChI=1S/C15H22N2O3/c16-9-11-1-7-14(8-2-11)20-10-15(19)17-12-3-5-13(18)6-4-12/h1-2,7-8,12-13,18H,3-6,9-10,16H2,(H,17,19). The Morgan fingerprint density at radius 1 is 1.25 bits per heavy atom. The maximum Gasteiger partial charge on any atom is 0.258 e. The average molecular weight is 278 g/mol. The molecule has 1 aliphatic rings. The van der Waals surface area contributed by atoms with E-state index in [4.69, 9.17) is 10.5 Å². The number of rotatable bonds is 5. The van der Waals surface area contributed by atoms with E-state index in [1.165, 1.54) is 0 Å². The highest BCUT2D eigenvalue weighted by Crippen LogP contribution is 2.18. The lowest BCUT2D eigenvalue weighted by atomic mass is 9.93. The van der Waals surface area contributed by atoms with Gasteiger partial charge >= 0.3 is 0 Å². The van der Waals surface area contributed by atoms with Crippen LogP contribution in [0.3, 0.4) is 0 Å². The molecule has 0 heterocycles. The molecule has 1 aliphatic carbocycles. The first-order chi connectivity index (χ1) is 9.67. The number of hydrogen-bond donors (Lipinski definition) is 3. The van der Waals surface area contributed by atoms with Crippen LogP contribution < -0.4 is 15.8 Å². The molecule has 0 spiro atoms. The molecule has 20 heavy (non-hydrogen) atoms. The summed E-state index contributed by atoms with van der Waals surface area (Å²) in [4.78, 5) is 11.8. The molecule has 0 aromatic heterocycles. The Morgan fingerprint density at radius 2 is 1.90 bits per heavy atom. The summed E-state index contributed by atoms with van der Waals surface area (Å²) in [6, 6.07) is 7.55. The van der Waals surface area contributed by atoms with Gasteiger partial charge in [-0.1, -0.05) is 12.1 Å². The van der Waals surface area contributed by atoms with Crippen LogP contribution in [0.4, 0.5) is 0 Å². The third-order valence-electron chi connectivity index (χ3n) is 3.59. The molecular formula is C15H22N2O3. The van der Waals surface area contributed by atoms with Gasteiger partial charge in [0.2, 0.25) is 0 Å². The molecule has 4 N–H and O–H groups in total. The van der Waals surface area contributed by atoms with Crippen LogP contribution in [0.2, 0.25) is 0 Å². The SMILES string of the molecule is NCc1ccc(OCC(=O)NC2CCC(O)CC2)cc1. The third kappa shape index (κ3) is 4.51. The smallest absolute Gasteiger partial charge is 0.258 e. The van der Waals surface area contributed by atoms with Gasteiger partial charge in [-0.25, -0.2) is 0 Å². The third-order valence-corrected chi connectivity index (χ3v) is 3.59. The Bertz CT molecular complexity index is 425. The van der Waals surface area contributed by atoms with Gasteiger partial charge in [0.05, 0.1) is 6.10 Å². The Kier molecular flexibility index (Phi) is 5.38. The first-order valence-electron chi connectivity index (χ1n) is 7.06. The van der Waals surface area contributed by atoms with Crippen molar-refractivity contribution >= 4 is 5.91 Å². The number of hydrogen-bond acceptors (Lipinski definition) is 4. The minimum absolute atomic E-state index is 0.0149. The van der Waals surface area contributed by atoms with Gasteiger partial charge < -0.3 is 20.9 Å². The van der Waals surface area contributed by atoms with Gasteiger partial charge in [0.1, 0.15) is 5.75 Å². The molecule has 110 valence electrons. The van der Waals surface area contributed by atoms with Crippen molar-refractivity contribution in [2.24, 2.45) is 5.73 Å². The van der Waals surface area contributed by atoms with Crippen molar-refractivity contribution in [2.75, 3.05) is 6.61 Å². The summed E-state index contributed by atoms with van der Waals surface area (Å²) < 4.78 is 5.43. The highest BCUT2D eigenvalue weighted by molar-refractivity contribution is 5.77. The van der Waals surface area contributed by atoms with Crippen LogP contribution in [0.25, 0.3) is 0 Å². The highest BCUT2D eigenvalue weighted by atomic mass is 16.5. The molecule has 0 atom stereocenters. The minimum atomic E-state index is -0.208. The summed E-state index contributed by atoms with van der Waals surface area (Å²) >= 11 is 0. The largest absolute Gasteiger partial charge is 0.484 e. The van der Waals surface area contributed by atoms with E-state index < -0.39 is 0 Å². The van der Waals surface area contributed by atoms with Crippen LogP contribution in [0.15, 0.2) is 24.3 Å². The lowest BCUT2D eigenvalue weighted by Crippen LogP contribution is -2.40. The molecule has 1 aromatic rings. The number of carbonyl (C=O) groups is 1. The van der Waals surface area contributed by atoms with Crippen LogP contribution in [0, 0.1) is 0 Å². The Balaban J connectivity index is 1.71. The first kappa shape index (κ1) is 14.8. The van der Waals surface area contributed by atoms with Crippen molar-refractivity contribution in [1.29, 1.82) is 0 Å². The molecule has 0 saturated heterocycles. The summed E-state index contributed by atoms with van der Waals surface area (Å²) in [5.74, 6) is 0.547. The van der Waals surface area contributed by atoms with Gasteiger partial charge in [-0.3, -0.25) is 4.79 Å². The summed E-state index contributed by atoms with van der Waals surface area (Å²) in [5.41, 5.74) is 6.54. The van der Waals surface area contributed by atoms with E-state index in [1.54, 1.807) is 0 Å². The molecule has 0 aliphatic heterocycles. The second-order valence-electron chi connectivity index (χ2n) is 5.21. The summed E-state index contributed by atoms with van der Waals surface area (Å²) in [6.45, 7) is 0.509. The number of nitrogens with two attached hydrogens (primary N) is 1. The van der Waals surface area contributed by atoms with Crippen LogP contribution in [0.1, 0.15) is 31.2 Å². The molecule has 5 heteroatoms. The molecule has 0 radical (unpaired) electrons. The van der Waals surface area contributed by atoms with Gasteiger partial charge in [-0.05, 0) is 43.4 Å². The zero-order chi connectivity index (χ0) is 14.4. The van der Waals surface area contributed by atoms with E-state index in [0.29, 0.717) is 12.3 Å². The summed E-state index contributed by atoms with van der Waals surface area (Å²) in [5, 5.41) is 12.3. The van der Waals surface area contributed by atoms with E-state index in [-0.39, 0.29) is 24.7 Å². The molecule has 5 nitrogen and oxygen atoms in total. The van der Waals surface area contributed by atoms with Gasteiger partial charge in [0.25, 0.3) is 5.91 Å². The molecule has 1 aromatic carbocycles. The maximum atomic E-state index is 11.8. The van der Waals surface area contributed by atoms with E-state index in [1.807, 2.05) is 24.3 Å². The zero-order valence-electron chi connectivity index (χ0n) is 11.5. The van der Waals surface area contributed by atoms with E-state index >= 15 is 0 Å². The Morgan fingerprint density at radius 3 is 2.50 bits per heavy atom. The fourth-order valence-electron chi connectivity index (χ4n) is 2.36. The van der Waals surface area contributed by atoms with E-state index in [2.05, 4.69) is 5.32 Å². The van der Waals surface area contributed by atoms with Crippen molar-refractivity contribution in [3.8, 4) is 5.75 Å². The second kappa shape index (κ2) is 7.26. The van der Waals surface area contributed by atoms with E-state index in [0.717, 1.165) is 31.2 Å². The number of benzene rings is 1. The van der Waals surface area contributed by atoms with Crippen LogP contribution >= 0.6 is 0 Å². The number of aliphatic hydroxyl groups is 1. The van der Waals surface area contributed by atoms with Gasteiger partial charge in [0.15, 0.2) is 6.61 Å². The van der Waals surface area contributed by atoms with Gasteiger partial charge in [-0.2, -0.15) is 0 Å². The molecule has 1 saturated carbocycles. The molecule has 1 amide bonds. The lowest BCUT2D eigenvalue weighted by Gasteiger charge is -2.26. The molecular weight excluding hydrogens is 256 g/mol. The quantitative estimate of drug-likeness (QED) is 0.748. The predicted molar refractivity (Wildman–Crippen MR) is 76.2 cm³/mol. The maximum absolute atomic E-state index is 11.8. The van der Waals surface area contributed by atoms with Crippen molar-refractivity contribution < 1.29 is 14.6 Å². The fraction of sp³-hybridized carbons (Fsp3) is 0.533. The first-order valence-corrected chi connectivity index (χ1v) is 7.06. The predicted octanol–water partition coefficient (Wildman–Crippen LogP) is 0.944. The Labute approximate surface area is 119 Å². The molecule has 0 bridgehead atoms. The average Bonchev–Trinajstić information content (AvgIpc) is 2.48. The molecule has 2 rings (SSSR count). The highest BCUT2D eigenvalue weighted by Gasteiger charge is 2.20. The van der Waals surface area contributed by atoms with Crippen molar-refractivity contribution in [2.45, 2.75) is 44.4 Å². The topological polar surface area (TPSA) is 84.6 Å². The van der Waals surface area contributed by atoms with Crippen molar-refractivity contribution in [3.05, 3.63) is 29.8 Å². The van der Waals surface area contributed by atoms with E-state index in [9.17, 15) is 9.90 Å². The number of nitrogens with one attached hydrogen (secondary N) is 1. The number of amides is 1. The summed E-state index contributed by atoms with van der Waals surface area (Å²) in [7, 11) is 0. The normalized spacial score (nSPS) is 22.3. The number of ether oxygens (including phenoxy) is 1. The Hall–Kier alpha value is -1.59. The van der Waals surface area contributed by atoms with Crippen LogP contribution in [0.5, 0.6) is 5.75 Å². The molecule has 1 fully saturated rings. The number of aliphatic hydroxyl groups excluding tert-OH is 1. The van der Waals surface area contributed by atoms with Crippen molar-refractivity contribution in [1.82, 2.24) is 5.32 Å². The van der Waals surface area contributed by atoms with Crippen molar-refractivity contribution in [3.63, 3.8) is 0 Å². The lowest BCUT2D eigenvalue weighted by molar-refractivity contribution is -0.124. The molecule has 0 unspecified atom stereocenters. The number of carbonyl (C=O) groups excluding carboxylic acids is 1. The fourth-order valence-corrected chi connectivity index (χ4v) is 2.36. The van der Waals surface area contributed by atoms with Gasteiger partial charge in [-0.15, -0.1) is 0 Å². The minimum Gasteiger partial charge on any atom is -0.484 e. The second-order valence-corrected chi connectivity index (χ2v) is 5.21. The zero-order valence-corrected chi connectivity index (χ0v) is 11.5. The van der Waals surface area contributed by atoms with Crippen LogP contribution in [-0.2, 0) is 11.3 Å². The van der Waals surface area contributed by atoms with Gasteiger partial charge in [0, 0.05) is 12.6 Å². The van der Waals surface area contributed by atoms with Crippen LogP contribution in [-0.4, -0.2) is 29.8 Å². The monoisotopic (exact) mass is 278 g/mol. The summed E-state index contributed by atoms with van der Waals surface area (Å²) in [6.07, 6.45) is 2.97.